The van der Waals surface area contributed by atoms with E-state index in [0.717, 1.165) is 13.2 Å². The van der Waals surface area contributed by atoms with E-state index in [1.54, 1.807) is 6.92 Å². The molecule has 0 radical (unpaired) electrons. The Bertz CT molecular complexity index is 78.6. The molecule has 0 saturated carbocycles. The van der Waals surface area contributed by atoms with Gasteiger partial charge in [-0.15, -0.1) is 0 Å². The maximum Gasteiger partial charge on any atom is 0.151 e. The summed E-state index contributed by atoms with van der Waals surface area (Å²) in [6.07, 6.45) is 4.21. The molecule has 0 unspecified atom stereocenters. The van der Waals surface area contributed by atoms with Crippen molar-refractivity contribution in [3.63, 3.8) is 0 Å². The van der Waals surface area contributed by atoms with Gasteiger partial charge in [-0.1, -0.05) is 33.6 Å². The first-order chi connectivity index (χ1) is 6.68. The number of hydrogen-bond acceptors (Lipinski definition) is 3. The van der Waals surface area contributed by atoms with E-state index in [-0.39, 0.29) is 0 Å². The minimum atomic E-state index is -1.12. The van der Waals surface area contributed by atoms with Gasteiger partial charge in [-0.25, -0.2) is 0 Å². The fraction of sp³-hybridized carbons (Fsp3) is 1.00. The van der Waals surface area contributed by atoms with Crippen molar-refractivity contribution < 1.29 is 14.9 Å². The number of ether oxygens (including phenoxy) is 1. The van der Waals surface area contributed by atoms with Crippen LogP contribution in [0.5, 0.6) is 0 Å². The third kappa shape index (κ3) is 22.6. The van der Waals surface area contributed by atoms with E-state index in [0.29, 0.717) is 6.42 Å². The molecule has 0 spiro atoms. The highest BCUT2D eigenvalue weighted by Gasteiger charge is 1.84. The quantitative estimate of drug-likeness (QED) is 0.496. The first kappa shape index (κ1) is 16.3. The lowest BCUT2D eigenvalue weighted by atomic mass is 10.3. The van der Waals surface area contributed by atoms with Crippen LogP contribution in [0.25, 0.3) is 0 Å². The van der Waals surface area contributed by atoms with Crippen LogP contribution in [0.15, 0.2) is 0 Å². The molecule has 0 aliphatic heterocycles. The molecular formula is C11H26O3. The molecule has 3 heteroatoms. The highest BCUT2D eigenvalue weighted by molar-refractivity contribution is 4.33. The summed E-state index contributed by atoms with van der Waals surface area (Å²) in [7, 11) is 0. The van der Waals surface area contributed by atoms with Gasteiger partial charge in [0.2, 0.25) is 0 Å². The van der Waals surface area contributed by atoms with Crippen LogP contribution >= 0.6 is 0 Å². The Balaban J connectivity index is 0. The summed E-state index contributed by atoms with van der Waals surface area (Å²) in [6.45, 7) is 7.98. The molecule has 0 amide bonds. The molecule has 0 atom stereocenters. The smallest absolute Gasteiger partial charge is 0.151 e. The maximum atomic E-state index is 7.92. The standard InChI is InChI=1S/C8H18O.C3H8O2/c1-3-5-7-9-8-6-4-2;1-2-3(4)5/h3-8H2,1-2H3;3-5H,2H2,1H3. The van der Waals surface area contributed by atoms with Crippen LogP contribution in [0.4, 0.5) is 0 Å². The summed E-state index contributed by atoms with van der Waals surface area (Å²) in [6, 6.07) is 0. The molecule has 0 bridgehead atoms. The van der Waals surface area contributed by atoms with E-state index in [1.165, 1.54) is 25.7 Å². The predicted molar refractivity (Wildman–Crippen MR) is 59.2 cm³/mol. The predicted octanol–water partition coefficient (Wildman–Crippen LogP) is 2.31. The number of aliphatic hydroxyl groups excluding tert-OH is 1. The van der Waals surface area contributed by atoms with E-state index >= 15 is 0 Å². The third-order valence-corrected chi connectivity index (χ3v) is 1.65. The first-order valence-electron chi connectivity index (χ1n) is 5.62. The van der Waals surface area contributed by atoms with Crippen LogP contribution < -0.4 is 0 Å². The van der Waals surface area contributed by atoms with Crippen LogP contribution in [-0.2, 0) is 4.74 Å². The molecule has 0 rings (SSSR count). The Hall–Kier alpha value is -0.120. The Morgan fingerprint density at radius 2 is 1.29 bits per heavy atom. The average molecular weight is 206 g/mol. The molecular weight excluding hydrogens is 180 g/mol. The normalized spacial score (nSPS) is 9.86. The van der Waals surface area contributed by atoms with Gasteiger partial charge in [-0.05, 0) is 19.3 Å². The lowest BCUT2D eigenvalue weighted by molar-refractivity contribution is -0.0413. The van der Waals surface area contributed by atoms with Crippen molar-refractivity contribution in [3.8, 4) is 0 Å². The van der Waals surface area contributed by atoms with E-state index in [2.05, 4.69) is 13.8 Å². The Morgan fingerprint density at radius 3 is 1.50 bits per heavy atom. The fourth-order valence-electron chi connectivity index (χ4n) is 0.595. The van der Waals surface area contributed by atoms with E-state index in [1.807, 2.05) is 0 Å². The summed E-state index contributed by atoms with van der Waals surface area (Å²) >= 11 is 0. The van der Waals surface area contributed by atoms with E-state index in [9.17, 15) is 0 Å². The molecule has 0 aromatic carbocycles. The van der Waals surface area contributed by atoms with Crippen molar-refractivity contribution in [1.82, 2.24) is 0 Å². The number of hydrogen-bond donors (Lipinski definition) is 2. The topological polar surface area (TPSA) is 49.7 Å². The van der Waals surface area contributed by atoms with Gasteiger partial charge in [-0.3, -0.25) is 0 Å². The van der Waals surface area contributed by atoms with Gasteiger partial charge in [0.1, 0.15) is 0 Å². The SMILES string of the molecule is CCC(O)O.CCCCOCCCC. The van der Waals surface area contributed by atoms with Crippen LogP contribution in [0.1, 0.15) is 52.9 Å². The van der Waals surface area contributed by atoms with Gasteiger partial charge in [0.05, 0.1) is 0 Å². The molecule has 0 aliphatic carbocycles. The van der Waals surface area contributed by atoms with Crippen LogP contribution in [-0.4, -0.2) is 29.7 Å². The van der Waals surface area contributed by atoms with Crippen molar-refractivity contribution in [3.05, 3.63) is 0 Å². The fourth-order valence-corrected chi connectivity index (χ4v) is 0.595. The molecule has 0 fully saturated rings. The Labute approximate surface area is 88.1 Å². The second-order valence-corrected chi connectivity index (χ2v) is 3.21. The highest BCUT2D eigenvalue weighted by Crippen LogP contribution is 1.91. The summed E-state index contributed by atoms with van der Waals surface area (Å²) < 4.78 is 5.31. The van der Waals surface area contributed by atoms with Crippen LogP contribution in [0, 0.1) is 0 Å². The van der Waals surface area contributed by atoms with Gasteiger partial charge in [0.25, 0.3) is 0 Å². The lowest BCUT2D eigenvalue weighted by Crippen LogP contribution is -1.99. The molecule has 3 nitrogen and oxygen atoms in total. The van der Waals surface area contributed by atoms with Crippen molar-refractivity contribution in [2.24, 2.45) is 0 Å². The summed E-state index contributed by atoms with van der Waals surface area (Å²) in [5.41, 5.74) is 0. The summed E-state index contributed by atoms with van der Waals surface area (Å²) in [5.74, 6) is 0. The molecule has 0 saturated heterocycles. The van der Waals surface area contributed by atoms with Crippen LogP contribution in [0.3, 0.4) is 0 Å². The molecule has 0 aromatic rings. The molecule has 0 aliphatic rings. The van der Waals surface area contributed by atoms with E-state index in [4.69, 9.17) is 14.9 Å². The number of unbranched alkanes of at least 4 members (excludes halogenated alkanes) is 2. The van der Waals surface area contributed by atoms with Crippen molar-refractivity contribution in [2.75, 3.05) is 13.2 Å². The first-order valence-corrected chi connectivity index (χ1v) is 5.62. The molecule has 0 aromatic heterocycles. The monoisotopic (exact) mass is 206 g/mol. The second kappa shape index (κ2) is 15.4. The van der Waals surface area contributed by atoms with Crippen molar-refractivity contribution >= 4 is 0 Å². The van der Waals surface area contributed by atoms with Gasteiger partial charge in [0.15, 0.2) is 6.29 Å². The largest absolute Gasteiger partial charge is 0.381 e. The minimum absolute atomic E-state index is 0.417. The highest BCUT2D eigenvalue weighted by atomic mass is 16.5. The Kier molecular flexibility index (Phi) is 17.9. The summed E-state index contributed by atoms with van der Waals surface area (Å²) in [4.78, 5) is 0. The Morgan fingerprint density at radius 1 is 0.929 bits per heavy atom. The van der Waals surface area contributed by atoms with Crippen LogP contribution in [0.2, 0.25) is 0 Å². The minimum Gasteiger partial charge on any atom is -0.381 e. The summed E-state index contributed by atoms with van der Waals surface area (Å²) in [5, 5.41) is 15.8. The second-order valence-electron chi connectivity index (χ2n) is 3.21. The zero-order chi connectivity index (χ0) is 11.2. The lowest BCUT2D eigenvalue weighted by Gasteiger charge is -1.99. The average Bonchev–Trinajstić information content (AvgIpc) is 2.19. The molecule has 2 N–H and O–H groups in total. The van der Waals surface area contributed by atoms with Gasteiger partial charge in [-0.2, -0.15) is 0 Å². The molecule has 14 heavy (non-hydrogen) atoms. The number of rotatable bonds is 7. The molecule has 88 valence electrons. The van der Waals surface area contributed by atoms with E-state index < -0.39 is 6.29 Å². The zero-order valence-corrected chi connectivity index (χ0v) is 9.83. The van der Waals surface area contributed by atoms with Gasteiger partial charge < -0.3 is 14.9 Å². The zero-order valence-electron chi connectivity index (χ0n) is 9.83. The number of aliphatic hydroxyl groups is 2. The third-order valence-electron chi connectivity index (χ3n) is 1.65. The van der Waals surface area contributed by atoms with Gasteiger partial charge >= 0.3 is 0 Å². The van der Waals surface area contributed by atoms with Crippen molar-refractivity contribution in [2.45, 2.75) is 59.2 Å². The van der Waals surface area contributed by atoms with Crippen molar-refractivity contribution in [1.29, 1.82) is 0 Å². The molecule has 0 heterocycles. The maximum absolute atomic E-state index is 7.92. The van der Waals surface area contributed by atoms with Gasteiger partial charge in [0, 0.05) is 13.2 Å².